The van der Waals surface area contributed by atoms with Gasteiger partial charge in [0.25, 0.3) is 0 Å². The largest absolute Gasteiger partial charge is 0.494 e. The van der Waals surface area contributed by atoms with Crippen LogP contribution < -0.4 is 9.47 Å². The predicted octanol–water partition coefficient (Wildman–Crippen LogP) is 5.24. The molecule has 0 heterocycles. The summed E-state index contributed by atoms with van der Waals surface area (Å²) < 4.78 is 21.9. The van der Waals surface area contributed by atoms with E-state index in [1.165, 1.54) is 0 Å². The highest BCUT2D eigenvalue weighted by molar-refractivity contribution is 5.90. The zero-order valence-electron chi connectivity index (χ0n) is 18.2. The van der Waals surface area contributed by atoms with E-state index in [0.717, 1.165) is 5.56 Å². The van der Waals surface area contributed by atoms with Gasteiger partial charge in [-0.05, 0) is 67.9 Å². The molecule has 6 heteroatoms. The molecule has 0 aliphatic carbocycles. The minimum Gasteiger partial charge on any atom is -0.494 e. The molecule has 0 fully saturated rings. The molecule has 0 amide bonds. The van der Waals surface area contributed by atoms with E-state index < -0.39 is 18.0 Å². The molecule has 0 saturated carbocycles. The van der Waals surface area contributed by atoms with Crippen LogP contribution in [-0.4, -0.2) is 31.8 Å². The number of rotatable bonds is 10. The first-order chi connectivity index (χ1) is 15.6. The molecule has 3 aromatic carbocycles. The lowest BCUT2D eigenvalue weighted by atomic mass is 10.1. The summed E-state index contributed by atoms with van der Waals surface area (Å²) in [5.74, 6) is 0.327. The van der Waals surface area contributed by atoms with E-state index in [-0.39, 0.29) is 6.61 Å². The Morgan fingerprint density at radius 3 is 1.69 bits per heavy atom. The number of carbonyl (C=O) groups excluding carboxylic acids is 2. The molecule has 1 unspecified atom stereocenters. The summed E-state index contributed by atoms with van der Waals surface area (Å²) >= 11 is 0. The summed E-state index contributed by atoms with van der Waals surface area (Å²) in [5.41, 5.74) is 1.50. The van der Waals surface area contributed by atoms with Crippen LogP contribution in [0.1, 0.15) is 46.2 Å². The van der Waals surface area contributed by atoms with Crippen LogP contribution in [0.3, 0.4) is 0 Å². The summed E-state index contributed by atoms with van der Waals surface area (Å²) in [5, 5.41) is 0. The predicted molar refractivity (Wildman–Crippen MR) is 120 cm³/mol. The minimum atomic E-state index is -0.748. The van der Waals surface area contributed by atoms with Gasteiger partial charge in [-0.2, -0.15) is 0 Å². The van der Waals surface area contributed by atoms with Gasteiger partial charge in [0.1, 0.15) is 18.1 Å². The van der Waals surface area contributed by atoms with Crippen LogP contribution in [0.5, 0.6) is 11.5 Å². The van der Waals surface area contributed by atoms with Gasteiger partial charge in [-0.15, -0.1) is 0 Å². The van der Waals surface area contributed by atoms with E-state index in [1.54, 1.807) is 48.5 Å². The Balaban J connectivity index is 1.68. The van der Waals surface area contributed by atoms with Gasteiger partial charge >= 0.3 is 11.9 Å². The highest BCUT2D eigenvalue weighted by Gasteiger charge is 2.21. The fraction of sp³-hybridized carbons (Fsp3) is 0.231. The van der Waals surface area contributed by atoms with Crippen LogP contribution in [0, 0.1) is 0 Å². The molecule has 0 aliphatic rings. The van der Waals surface area contributed by atoms with E-state index in [4.69, 9.17) is 18.9 Å². The molecule has 0 aliphatic heterocycles. The molecule has 0 spiro atoms. The first-order valence-electron chi connectivity index (χ1n) is 10.5. The highest BCUT2D eigenvalue weighted by Crippen LogP contribution is 2.22. The Labute approximate surface area is 187 Å². The van der Waals surface area contributed by atoms with Crippen molar-refractivity contribution >= 4 is 11.9 Å². The lowest BCUT2D eigenvalue weighted by molar-refractivity contribution is -0.00134. The van der Waals surface area contributed by atoms with Crippen LogP contribution in [0.4, 0.5) is 0 Å². The quantitative estimate of drug-likeness (QED) is 0.407. The van der Waals surface area contributed by atoms with Crippen LogP contribution in [-0.2, 0) is 9.47 Å². The maximum Gasteiger partial charge on any atom is 0.338 e. The third kappa shape index (κ3) is 6.35. The normalized spacial score (nSPS) is 11.3. The number of hydrogen-bond acceptors (Lipinski definition) is 6. The lowest BCUT2D eigenvalue weighted by Crippen LogP contribution is -2.19. The van der Waals surface area contributed by atoms with Crippen LogP contribution in [0.2, 0.25) is 0 Å². The van der Waals surface area contributed by atoms with Gasteiger partial charge < -0.3 is 18.9 Å². The molecule has 0 bridgehead atoms. The summed E-state index contributed by atoms with van der Waals surface area (Å²) in [6.07, 6.45) is -0.748. The van der Waals surface area contributed by atoms with Gasteiger partial charge in [0.05, 0.1) is 24.3 Å². The van der Waals surface area contributed by atoms with E-state index in [2.05, 4.69) is 0 Å². The Hall–Kier alpha value is -3.80. The smallest absolute Gasteiger partial charge is 0.338 e. The van der Waals surface area contributed by atoms with Crippen LogP contribution >= 0.6 is 0 Å². The van der Waals surface area contributed by atoms with Crippen LogP contribution in [0.25, 0.3) is 0 Å². The van der Waals surface area contributed by atoms with Gasteiger partial charge in [-0.3, -0.25) is 0 Å². The second kappa shape index (κ2) is 11.6. The van der Waals surface area contributed by atoms with Gasteiger partial charge in [-0.1, -0.05) is 30.3 Å². The van der Waals surface area contributed by atoms with E-state index in [9.17, 15) is 9.59 Å². The average molecular weight is 434 g/mol. The molecular weight excluding hydrogens is 408 g/mol. The van der Waals surface area contributed by atoms with E-state index in [1.807, 2.05) is 44.2 Å². The summed E-state index contributed by atoms with van der Waals surface area (Å²) in [7, 11) is 0. The van der Waals surface area contributed by atoms with Gasteiger partial charge in [0, 0.05) is 0 Å². The monoisotopic (exact) mass is 434 g/mol. The SMILES string of the molecule is CCOc1ccc(C(=O)OCC(OC(=O)c2ccc(OCC)cc2)c2ccccc2)cc1. The molecule has 1 atom stereocenters. The highest BCUT2D eigenvalue weighted by atomic mass is 16.6. The third-order valence-corrected chi connectivity index (χ3v) is 4.59. The molecule has 166 valence electrons. The number of benzene rings is 3. The average Bonchev–Trinajstić information content (AvgIpc) is 2.83. The van der Waals surface area contributed by atoms with E-state index >= 15 is 0 Å². The summed E-state index contributed by atoms with van der Waals surface area (Å²) in [6.45, 7) is 4.75. The van der Waals surface area contributed by atoms with Gasteiger partial charge in [0.15, 0.2) is 6.10 Å². The second-order valence-corrected chi connectivity index (χ2v) is 6.82. The zero-order chi connectivity index (χ0) is 22.8. The Morgan fingerprint density at radius 1 is 0.688 bits per heavy atom. The first-order valence-corrected chi connectivity index (χ1v) is 10.5. The first kappa shape index (κ1) is 22.9. The van der Waals surface area contributed by atoms with Crippen molar-refractivity contribution in [2.75, 3.05) is 19.8 Å². The fourth-order valence-corrected chi connectivity index (χ4v) is 3.01. The Bertz CT molecular complexity index is 997. The Morgan fingerprint density at radius 2 is 1.19 bits per heavy atom. The second-order valence-electron chi connectivity index (χ2n) is 6.82. The summed E-state index contributed by atoms with van der Waals surface area (Å²) in [6, 6.07) is 22.6. The fourth-order valence-electron chi connectivity index (χ4n) is 3.01. The van der Waals surface area contributed by atoms with E-state index in [0.29, 0.717) is 35.8 Å². The third-order valence-electron chi connectivity index (χ3n) is 4.59. The van der Waals surface area contributed by atoms with Crippen molar-refractivity contribution < 1.29 is 28.5 Å². The van der Waals surface area contributed by atoms with Crippen molar-refractivity contribution in [1.82, 2.24) is 0 Å². The zero-order valence-corrected chi connectivity index (χ0v) is 18.2. The number of hydrogen-bond donors (Lipinski definition) is 0. The topological polar surface area (TPSA) is 71.1 Å². The summed E-state index contributed by atoms with van der Waals surface area (Å²) in [4.78, 5) is 25.2. The van der Waals surface area contributed by atoms with Crippen molar-refractivity contribution in [2.45, 2.75) is 20.0 Å². The molecule has 6 nitrogen and oxygen atoms in total. The number of ether oxygens (including phenoxy) is 4. The van der Waals surface area contributed by atoms with Crippen molar-refractivity contribution in [2.24, 2.45) is 0 Å². The molecular formula is C26H26O6. The standard InChI is InChI=1S/C26H26O6/c1-3-29-22-14-10-20(11-15-22)25(27)31-18-24(19-8-6-5-7-9-19)32-26(28)21-12-16-23(17-13-21)30-4-2/h5-17,24H,3-4,18H2,1-2H3. The maximum absolute atomic E-state index is 12.7. The molecule has 3 aromatic rings. The van der Waals surface area contributed by atoms with Crippen molar-refractivity contribution in [1.29, 1.82) is 0 Å². The van der Waals surface area contributed by atoms with Crippen molar-refractivity contribution in [3.63, 3.8) is 0 Å². The number of carbonyl (C=O) groups is 2. The Kier molecular flexibility index (Phi) is 8.26. The lowest BCUT2D eigenvalue weighted by Gasteiger charge is -2.18. The van der Waals surface area contributed by atoms with Crippen molar-refractivity contribution in [3.8, 4) is 11.5 Å². The molecule has 32 heavy (non-hydrogen) atoms. The molecule has 0 saturated heterocycles. The van der Waals surface area contributed by atoms with Crippen molar-refractivity contribution in [3.05, 3.63) is 95.6 Å². The molecule has 3 rings (SSSR count). The minimum absolute atomic E-state index is 0.112. The molecule has 0 aromatic heterocycles. The van der Waals surface area contributed by atoms with Gasteiger partial charge in [0.2, 0.25) is 0 Å². The molecule has 0 radical (unpaired) electrons. The van der Waals surface area contributed by atoms with Crippen LogP contribution in [0.15, 0.2) is 78.9 Å². The maximum atomic E-state index is 12.7. The molecule has 0 N–H and O–H groups in total. The number of esters is 2. The van der Waals surface area contributed by atoms with Gasteiger partial charge in [-0.25, -0.2) is 9.59 Å².